The molecular formula is C32H29ClN4O4. The van der Waals surface area contributed by atoms with Gasteiger partial charge in [0.25, 0.3) is 5.56 Å². The van der Waals surface area contributed by atoms with Crippen molar-refractivity contribution in [2.75, 3.05) is 10.6 Å². The number of nitrogens with zero attached hydrogens (tertiary/aromatic N) is 2. The lowest BCUT2D eigenvalue weighted by Crippen LogP contribution is -2.40. The molecule has 2 amide bonds. The standard InChI is InChI=1S/C32H29ClN4O4/c1-22-10-12-24(13-11-22)16-19-27(38)35-29-30(33)37(32(41)36(2)31(29)40)20-6-9-23-14-17-26(18-15-23)34-28(39)21-25-7-4-3-5-8-25/h3-5,7-8,10-15,17-18H,16,19-21H2,1-2H3,(H,34,39)(H,35,38). The highest BCUT2D eigenvalue weighted by Crippen LogP contribution is 2.16. The zero-order valence-electron chi connectivity index (χ0n) is 22.7. The van der Waals surface area contributed by atoms with E-state index in [4.69, 9.17) is 11.6 Å². The van der Waals surface area contributed by atoms with Gasteiger partial charge in [0, 0.05) is 24.7 Å². The van der Waals surface area contributed by atoms with Crippen LogP contribution in [0, 0.1) is 18.8 Å². The van der Waals surface area contributed by atoms with Crippen LogP contribution in [-0.2, 0) is 36.0 Å². The summed E-state index contributed by atoms with van der Waals surface area (Å²) in [6, 6.07) is 24.3. The lowest BCUT2D eigenvalue weighted by molar-refractivity contribution is -0.116. The molecule has 3 aromatic carbocycles. The van der Waals surface area contributed by atoms with Crippen LogP contribution in [0.25, 0.3) is 0 Å². The molecule has 0 aliphatic heterocycles. The second-order valence-corrected chi connectivity index (χ2v) is 9.88. The predicted molar refractivity (Wildman–Crippen MR) is 161 cm³/mol. The van der Waals surface area contributed by atoms with E-state index in [0.29, 0.717) is 17.7 Å². The molecule has 2 N–H and O–H groups in total. The zero-order valence-corrected chi connectivity index (χ0v) is 23.5. The Hall–Kier alpha value is -4.87. The molecule has 9 heteroatoms. The first-order valence-corrected chi connectivity index (χ1v) is 13.4. The fourth-order valence-corrected chi connectivity index (χ4v) is 4.30. The first kappa shape index (κ1) is 29.1. The molecule has 0 spiro atoms. The van der Waals surface area contributed by atoms with Gasteiger partial charge in [-0.2, -0.15) is 0 Å². The number of anilines is 2. The van der Waals surface area contributed by atoms with Crippen molar-refractivity contribution >= 4 is 34.8 Å². The summed E-state index contributed by atoms with van der Waals surface area (Å²) in [6.45, 7) is 1.88. The Bertz CT molecular complexity index is 1730. The highest BCUT2D eigenvalue weighted by atomic mass is 35.5. The highest BCUT2D eigenvalue weighted by Gasteiger charge is 2.18. The summed E-state index contributed by atoms with van der Waals surface area (Å²) >= 11 is 6.41. The van der Waals surface area contributed by atoms with Crippen LogP contribution in [0.5, 0.6) is 0 Å². The van der Waals surface area contributed by atoms with Crippen LogP contribution in [0.1, 0.15) is 28.7 Å². The highest BCUT2D eigenvalue weighted by molar-refractivity contribution is 6.32. The largest absolute Gasteiger partial charge is 0.332 e. The molecule has 4 aromatic rings. The van der Waals surface area contributed by atoms with E-state index in [1.54, 1.807) is 24.3 Å². The average Bonchev–Trinajstić information content (AvgIpc) is 2.97. The van der Waals surface area contributed by atoms with Crippen LogP contribution in [0.4, 0.5) is 11.4 Å². The van der Waals surface area contributed by atoms with E-state index in [0.717, 1.165) is 25.8 Å². The van der Waals surface area contributed by atoms with Gasteiger partial charge >= 0.3 is 5.69 Å². The molecule has 208 valence electrons. The Morgan fingerprint density at radius 1 is 0.854 bits per heavy atom. The van der Waals surface area contributed by atoms with Gasteiger partial charge in [-0.15, -0.1) is 0 Å². The second kappa shape index (κ2) is 13.5. The maximum absolute atomic E-state index is 12.7. The fourth-order valence-electron chi connectivity index (χ4n) is 4.04. The van der Waals surface area contributed by atoms with Crippen molar-refractivity contribution in [1.29, 1.82) is 0 Å². The third kappa shape index (κ3) is 7.84. The zero-order chi connectivity index (χ0) is 29.4. The summed E-state index contributed by atoms with van der Waals surface area (Å²) in [5.41, 5.74) is 2.82. The topological polar surface area (TPSA) is 102 Å². The number of nitrogens with one attached hydrogen (secondary N) is 2. The van der Waals surface area contributed by atoms with Crippen LogP contribution in [-0.4, -0.2) is 20.9 Å². The van der Waals surface area contributed by atoms with Gasteiger partial charge in [0.1, 0.15) is 10.8 Å². The van der Waals surface area contributed by atoms with Crippen molar-refractivity contribution in [2.45, 2.75) is 32.7 Å². The molecule has 0 aliphatic carbocycles. The van der Waals surface area contributed by atoms with Gasteiger partial charge in [-0.1, -0.05) is 83.6 Å². The minimum atomic E-state index is -0.696. The number of carbonyl (C=O) groups excluding carboxylic acids is 2. The molecular weight excluding hydrogens is 540 g/mol. The monoisotopic (exact) mass is 568 g/mol. The fraction of sp³-hybridized carbons (Fsp3) is 0.188. The molecule has 0 unspecified atom stereocenters. The molecule has 8 nitrogen and oxygen atoms in total. The number of halogens is 1. The Morgan fingerprint density at radius 3 is 2.22 bits per heavy atom. The summed E-state index contributed by atoms with van der Waals surface area (Å²) in [4.78, 5) is 50.3. The third-order valence-electron chi connectivity index (χ3n) is 6.35. The van der Waals surface area contributed by atoms with Gasteiger partial charge in [0.15, 0.2) is 0 Å². The molecule has 0 radical (unpaired) electrons. The molecule has 4 rings (SSSR count). The maximum Gasteiger partial charge on any atom is 0.332 e. The number of hydrogen-bond acceptors (Lipinski definition) is 4. The van der Waals surface area contributed by atoms with Crippen molar-refractivity contribution in [3.8, 4) is 11.8 Å². The maximum atomic E-state index is 12.7. The van der Waals surface area contributed by atoms with Crippen LogP contribution >= 0.6 is 11.6 Å². The quantitative estimate of drug-likeness (QED) is 0.244. The summed E-state index contributed by atoms with van der Waals surface area (Å²) < 4.78 is 2.01. The smallest absolute Gasteiger partial charge is 0.326 e. The molecule has 0 fully saturated rings. The van der Waals surface area contributed by atoms with Gasteiger partial charge < -0.3 is 10.6 Å². The minimum absolute atomic E-state index is 0.104. The molecule has 0 atom stereocenters. The first-order chi connectivity index (χ1) is 19.7. The average molecular weight is 569 g/mol. The second-order valence-electron chi connectivity index (χ2n) is 9.52. The number of rotatable bonds is 8. The van der Waals surface area contributed by atoms with Crippen LogP contribution < -0.4 is 21.9 Å². The van der Waals surface area contributed by atoms with Crippen molar-refractivity contribution in [3.63, 3.8) is 0 Å². The number of amides is 2. The van der Waals surface area contributed by atoms with Gasteiger partial charge in [-0.05, 0) is 48.7 Å². The van der Waals surface area contributed by atoms with Crippen LogP contribution in [0.3, 0.4) is 0 Å². The van der Waals surface area contributed by atoms with Gasteiger partial charge in [0.2, 0.25) is 11.8 Å². The van der Waals surface area contributed by atoms with E-state index >= 15 is 0 Å². The summed E-state index contributed by atoms with van der Waals surface area (Å²) in [5, 5.41) is 5.23. The third-order valence-corrected chi connectivity index (χ3v) is 6.74. The molecule has 1 heterocycles. The van der Waals surface area contributed by atoms with E-state index in [-0.39, 0.29) is 36.1 Å². The van der Waals surface area contributed by atoms with E-state index < -0.39 is 17.2 Å². The Morgan fingerprint density at radius 2 is 1.54 bits per heavy atom. The number of aromatic nitrogens is 2. The van der Waals surface area contributed by atoms with Gasteiger partial charge in [0.05, 0.1) is 13.0 Å². The normalized spacial score (nSPS) is 10.4. The Balaban J connectivity index is 1.41. The number of carbonyl (C=O) groups is 2. The number of hydrogen-bond donors (Lipinski definition) is 2. The molecule has 0 saturated carbocycles. The van der Waals surface area contributed by atoms with E-state index in [2.05, 4.69) is 22.5 Å². The van der Waals surface area contributed by atoms with E-state index in [1.165, 1.54) is 7.05 Å². The number of benzene rings is 3. The van der Waals surface area contributed by atoms with E-state index in [1.807, 2.05) is 61.5 Å². The minimum Gasteiger partial charge on any atom is -0.326 e. The molecule has 41 heavy (non-hydrogen) atoms. The van der Waals surface area contributed by atoms with Crippen molar-refractivity contribution in [1.82, 2.24) is 9.13 Å². The van der Waals surface area contributed by atoms with Crippen molar-refractivity contribution in [2.24, 2.45) is 7.05 Å². The summed E-state index contributed by atoms with van der Waals surface area (Å²) in [5.74, 6) is 5.31. The molecule has 0 bridgehead atoms. The summed E-state index contributed by atoms with van der Waals surface area (Å²) in [6.07, 6.45) is 0.904. The molecule has 1 aromatic heterocycles. The SMILES string of the molecule is Cc1ccc(CCC(=O)Nc2c(Cl)n(CC#Cc3ccc(NC(=O)Cc4ccccc4)cc3)c(=O)n(C)c2=O)cc1. The van der Waals surface area contributed by atoms with Crippen molar-refractivity contribution in [3.05, 3.63) is 127 Å². The predicted octanol–water partition coefficient (Wildman–Crippen LogP) is 4.31. The van der Waals surface area contributed by atoms with Crippen molar-refractivity contribution < 1.29 is 9.59 Å². The summed E-state index contributed by atoms with van der Waals surface area (Å²) in [7, 11) is 1.32. The number of aryl methyl sites for hydroxylation is 2. The van der Waals surface area contributed by atoms with Gasteiger partial charge in [-0.3, -0.25) is 23.5 Å². The van der Waals surface area contributed by atoms with E-state index in [9.17, 15) is 19.2 Å². The first-order valence-electron chi connectivity index (χ1n) is 13.0. The lowest BCUT2D eigenvalue weighted by atomic mass is 10.1. The molecule has 0 saturated heterocycles. The van der Waals surface area contributed by atoms with Gasteiger partial charge in [-0.25, -0.2) is 4.79 Å². The molecule has 0 aliphatic rings. The lowest BCUT2D eigenvalue weighted by Gasteiger charge is -2.13. The Kier molecular flexibility index (Phi) is 9.56. The Labute approximate surface area is 242 Å². The van der Waals surface area contributed by atoms with Crippen LogP contribution in [0.2, 0.25) is 5.15 Å². The van der Waals surface area contributed by atoms with Crippen LogP contribution in [0.15, 0.2) is 88.5 Å².